The molecule has 0 radical (unpaired) electrons. The lowest BCUT2D eigenvalue weighted by Gasteiger charge is -2.01. The van der Waals surface area contributed by atoms with Crippen LogP contribution in [0.2, 0.25) is 0 Å². The van der Waals surface area contributed by atoms with E-state index in [1.807, 2.05) is 46.1 Å². The molecule has 3 rings (SSSR count). The molecule has 0 fully saturated rings. The minimum atomic E-state index is 1.07. The van der Waals surface area contributed by atoms with Gasteiger partial charge in [0.05, 0.1) is 11.7 Å². The van der Waals surface area contributed by atoms with Gasteiger partial charge >= 0.3 is 0 Å². The maximum atomic E-state index is 4.28. The van der Waals surface area contributed by atoms with Crippen molar-refractivity contribution in [3.05, 3.63) is 49.2 Å². The fraction of sp³-hybridized carbons (Fsp3) is 0. The van der Waals surface area contributed by atoms with E-state index < -0.39 is 0 Å². The summed E-state index contributed by atoms with van der Waals surface area (Å²) in [7, 11) is 0. The van der Waals surface area contributed by atoms with Crippen molar-refractivity contribution in [3.63, 3.8) is 0 Å². The van der Waals surface area contributed by atoms with E-state index in [4.69, 9.17) is 0 Å². The highest BCUT2D eigenvalue weighted by Gasteiger charge is 2.01. The molecule has 0 aliphatic rings. The van der Waals surface area contributed by atoms with Gasteiger partial charge in [0.2, 0.25) is 0 Å². The predicted molar refractivity (Wildman–Crippen MR) is 52.8 cm³/mol. The first kappa shape index (κ1) is 7.32. The number of nitrogens with zero attached hydrogens (tertiary/aromatic N) is 4. The van der Waals surface area contributed by atoms with Crippen LogP contribution in [0.15, 0.2) is 49.2 Å². The summed E-state index contributed by atoms with van der Waals surface area (Å²) in [6.07, 6.45) is 7.16. The maximum Gasteiger partial charge on any atom is 0.116 e. The summed E-state index contributed by atoms with van der Waals surface area (Å²) in [5, 5.41) is 5.40. The number of benzene rings is 1. The van der Waals surface area contributed by atoms with Gasteiger partial charge in [-0.1, -0.05) is 18.2 Å². The Labute approximate surface area is 80.4 Å². The molecule has 0 unspecified atom stereocenters. The van der Waals surface area contributed by atoms with Crippen molar-refractivity contribution in [1.82, 2.24) is 19.5 Å². The smallest absolute Gasteiger partial charge is 0.116 e. The van der Waals surface area contributed by atoms with Crippen LogP contribution in [-0.2, 0) is 0 Å². The molecule has 0 spiro atoms. The Morgan fingerprint density at radius 1 is 1.14 bits per heavy atom. The molecule has 2 aromatic heterocycles. The van der Waals surface area contributed by atoms with Gasteiger partial charge in [-0.2, -0.15) is 9.89 Å². The number of rotatable bonds is 1. The van der Waals surface area contributed by atoms with Gasteiger partial charge < -0.3 is 0 Å². The minimum absolute atomic E-state index is 1.07. The number of hydrogen-bond acceptors (Lipinski definition) is 2. The van der Waals surface area contributed by atoms with Crippen LogP contribution < -0.4 is 0 Å². The van der Waals surface area contributed by atoms with E-state index in [-0.39, 0.29) is 0 Å². The van der Waals surface area contributed by atoms with Crippen molar-refractivity contribution in [1.29, 1.82) is 0 Å². The Bertz CT molecular complexity index is 550. The van der Waals surface area contributed by atoms with Crippen molar-refractivity contribution in [2.75, 3.05) is 0 Å². The van der Waals surface area contributed by atoms with Gasteiger partial charge in [-0.3, -0.25) is 0 Å². The predicted octanol–water partition coefficient (Wildman–Crippen LogP) is 1.54. The second-order valence-corrected chi connectivity index (χ2v) is 3.04. The first-order chi connectivity index (χ1) is 6.95. The van der Waals surface area contributed by atoms with Gasteiger partial charge in [0.1, 0.15) is 6.33 Å². The van der Waals surface area contributed by atoms with Crippen molar-refractivity contribution in [2.45, 2.75) is 0 Å². The molecule has 0 aliphatic heterocycles. The third kappa shape index (κ3) is 0.939. The monoisotopic (exact) mass is 184 g/mol. The van der Waals surface area contributed by atoms with Gasteiger partial charge in [0, 0.05) is 17.8 Å². The first-order valence-corrected chi connectivity index (χ1v) is 4.36. The molecule has 2 heterocycles. The Morgan fingerprint density at radius 2 is 2.07 bits per heavy atom. The molecule has 0 saturated heterocycles. The lowest BCUT2D eigenvalue weighted by Crippen LogP contribution is -2.07. The molecule has 3 aromatic rings. The highest BCUT2D eigenvalue weighted by molar-refractivity contribution is 5.78. The van der Waals surface area contributed by atoms with Crippen molar-refractivity contribution < 1.29 is 0 Å². The van der Waals surface area contributed by atoms with Crippen molar-refractivity contribution in [3.8, 4) is 0 Å². The van der Waals surface area contributed by atoms with E-state index in [0.29, 0.717) is 0 Å². The van der Waals surface area contributed by atoms with Crippen LogP contribution in [-0.4, -0.2) is 19.5 Å². The van der Waals surface area contributed by atoms with E-state index in [2.05, 4.69) is 10.1 Å². The Morgan fingerprint density at radius 3 is 2.93 bits per heavy atom. The van der Waals surface area contributed by atoms with E-state index in [1.54, 1.807) is 12.5 Å². The van der Waals surface area contributed by atoms with E-state index in [9.17, 15) is 0 Å². The minimum Gasteiger partial charge on any atom is -0.243 e. The van der Waals surface area contributed by atoms with E-state index >= 15 is 0 Å². The molecule has 0 N–H and O–H groups in total. The van der Waals surface area contributed by atoms with E-state index in [1.165, 1.54) is 0 Å². The molecule has 0 saturated carbocycles. The van der Waals surface area contributed by atoms with Crippen LogP contribution in [0, 0.1) is 0 Å². The Kier molecular flexibility index (Phi) is 1.41. The number of aromatic nitrogens is 4. The van der Waals surface area contributed by atoms with Crippen molar-refractivity contribution in [2.24, 2.45) is 0 Å². The zero-order valence-electron chi connectivity index (χ0n) is 7.41. The summed E-state index contributed by atoms with van der Waals surface area (Å²) >= 11 is 0. The van der Waals surface area contributed by atoms with Crippen LogP contribution >= 0.6 is 0 Å². The topological polar surface area (TPSA) is 35.6 Å². The largest absolute Gasteiger partial charge is 0.243 e. The van der Waals surface area contributed by atoms with Gasteiger partial charge in [0.15, 0.2) is 0 Å². The molecular weight excluding hydrogens is 176 g/mol. The Balaban J connectivity index is 2.33. The number of para-hydroxylation sites is 1. The Hall–Kier alpha value is -2.10. The third-order valence-electron chi connectivity index (χ3n) is 2.17. The molecule has 14 heavy (non-hydrogen) atoms. The fourth-order valence-electron chi connectivity index (χ4n) is 1.51. The highest BCUT2D eigenvalue weighted by atomic mass is 15.6. The van der Waals surface area contributed by atoms with E-state index in [0.717, 1.165) is 10.9 Å². The lowest BCUT2D eigenvalue weighted by molar-refractivity contribution is 0.595. The molecule has 4 heteroatoms. The van der Waals surface area contributed by atoms with Gasteiger partial charge in [-0.15, -0.1) is 0 Å². The SMILES string of the molecule is c1ccc2c(c1)cnn2-n1ccnc1. The summed E-state index contributed by atoms with van der Waals surface area (Å²) in [6.45, 7) is 0. The number of imidazole rings is 1. The average Bonchev–Trinajstić information content (AvgIpc) is 2.85. The molecular formula is C10H8N4. The fourth-order valence-corrected chi connectivity index (χ4v) is 1.51. The van der Waals surface area contributed by atoms with Crippen molar-refractivity contribution >= 4 is 10.9 Å². The normalized spacial score (nSPS) is 10.9. The number of hydrogen-bond donors (Lipinski definition) is 0. The highest BCUT2D eigenvalue weighted by Crippen LogP contribution is 2.12. The summed E-state index contributed by atoms with van der Waals surface area (Å²) < 4.78 is 1.84. The molecule has 0 aliphatic carbocycles. The molecule has 68 valence electrons. The van der Waals surface area contributed by atoms with Gasteiger partial charge in [-0.05, 0) is 6.07 Å². The van der Waals surface area contributed by atoms with Crippen LogP contribution in [0.1, 0.15) is 0 Å². The van der Waals surface area contributed by atoms with Crippen LogP contribution in [0.5, 0.6) is 0 Å². The third-order valence-corrected chi connectivity index (χ3v) is 2.17. The zero-order valence-corrected chi connectivity index (χ0v) is 7.41. The maximum absolute atomic E-state index is 4.28. The summed E-state index contributed by atoms with van der Waals surface area (Å²) in [5.41, 5.74) is 1.07. The van der Waals surface area contributed by atoms with Crippen LogP contribution in [0.4, 0.5) is 0 Å². The molecule has 1 aromatic carbocycles. The second kappa shape index (κ2) is 2.70. The standard InChI is InChI=1S/C10H8N4/c1-2-4-10-9(3-1)7-12-14(10)13-6-5-11-8-13/h1-8H. The number of fused-ring (bicyclic) bond motifs is 1. The van der Waals surface area contributed by atoms with Crippen LogP contribution in [0.3, 0.4) is 0 Å². The molecule has 0 atom stereocenters. The second-order valence-electron chi connectivity index (χ2n) is 3.04. The first-order valence-electron chi connectivity index (χ1n) is 4.36. The lowest BCUT2D eigenvalue weighted by atomic mass is 10.3. The summed E-state index contributed by atoms with van der Waals surface area (Å²) in [6, 6.07) is 8.07. The van der Waals surface area contributed by atoms with Gasteiger partial charge in [0.25, 0.3) is 0 Å². The quantitative estimate of drug-likeness (QED) is 0.575. The molecule has 4 nitrogen and oxygen atoms in total. The van der Waals surface area contributed by atoms with Crippen LogP contribution in [0.25, 0.3) is 10.9 Å². The molecule has 0 bridgehead atoms. The summed E-state index contributed by atoms with van der Waals surface area (Å²) in [5.74, 6) is 0. The van der Waals surface area contributed by atoms with Gasteiger partial charge in [-0.25, -0.2) is 9.66 Å². The average molecular weight is 184 g/mol. The summed E-state index contributed by atoms with van der Waals surface area (Å²) in [4.78, 5) is 5.79. The molecule has 0 amide bonds. The zero-order chi connectivity index (χ0) is 9.38.